The van der Waals surface area contributed by atoms with E-state index in [1.165, 1.54) is 22.3 Å². The summed E-state index contributed by atoms with van der Waals surface area (Å²) in [6.07, 6.45) is 4.34. The monoisotopic (exact) mass is 381 g/mol. The molecule has 1 fully saturated rings. The number of aryl methyl sites for hydroxylation is 3. The highest BCUT2D eigenvalue weighted by atomic mass is 16.6. The molecule has 0 atom stereocenters. The quantitative estimate of drug-likeness (QED) is 0.577. The van der Waals surface area contributed by atoms with Crippen molar-refractivity contribution in [3.8, 4) is 0 Å². The van der Waals surface area contributed by atoms with Gasteiger partial charge in [-0.25, -0.2) is 0 Å². The average Bonchev–Trinajstić information content (AvgIpc) is 2.64. The van der Waals surface area contributed by atoms with Gasteiger partial charge in [0.15, 0.2) is 0 Å². The number of nitro benzene ring substituents is 1. The third-order valence-electron chi connectivity index (χ3n) is 5.99. The highest BCUT2D eigenvalue weighted by Gasteiger charge is 2.25. The molecule has 0 spiro atoms. The van der Waals surface area contributed by atoms with E-state index in [9.17, 15) is 10.1 Å². The molecule has 0 saturated heterocycles. The van der Waals surface area contributed by atoms with E-state index in [4.69, 9.17) is 5.73 Å². The van der Waals surface area contributed by atoms with Gasteiger partial charge in [0, 0.05) is 37.3 Å². The predicted molar refractivity (Wildman–Crippen MR) is 113 cm³/mol. The van der Waals surface area contributed by atoms with Gasteiger partial charge in [0.25, 0.3) is 5.69 Å². The molecule has 5 nitrogen and oxygen atoms in total. The Morgan fingerprint density at radius 3 is 2.11 bits per heavy atom. The van der Waals surface area contributed by atoms with Crippen LogP contribution in [0.25, 0.3) is 0 Å². The summed E-state index contributed by atoms with van der Waals surface area (Å²) in [6, 6.07) is 12.3. The second kappa shape index (κ2) is 8.84. The second-order valence-electron chi connectivity index (χ2n) is 8.27. The van der Waals surface area contributed by atoms with Crippen LogP contribution in [0.5, 0.6) is 0 Å². The van der Waals surface area contributed by atoms with E-state index in [-0.39, 0.29) is 10.6 Å². The molecule has 2 aromatic carbocycles. The van der Waals surface area contributed by atoms with Gasteiger partial charge >= 0.3 is 0 Å². The molecule has 28 heavy (non-hydrogen) atoms. The molecule has 5 heteroatoms. The fourth-order valence-electron chi connectivity index (χ4n) is 4.40. The van der Waals surface area contributed by atoms with Crippen LogP contribution in [0.4, 0.5) is 5.69 Å². The van der Waals surface area contributed by atoms with Crippen molar-refractivity contribution >= 4 is 5.69 Å². The summed E-state index contributed by atoms with van der Waals surface area (Å²) < 4.78 is 0. The van der Waals surface area contributed by atoms with Crippen molar-refractivity contribution in [1.82, 2.24) is 4.90 Å². The van der Waals surface area contributed by atoms with Crippen LogP contribution in [0.15, 0.2) is 36.4 Å². The lowest BCUT2D eigenvalue weighted by atomic mass is 9.89. The van der Waals surface area contributed by atoms with Gasteiger partial charge in [-0.2, -0.15) is 0 Å². The molecule has 0 aromatic heterocycles. The first-order valence-electron chi connectivity index (χ1n) is 10.1. The molecule has 0 aliphatic heterocycles. The first-order valence-corrected chi connectivity index (χ1v) is 10.1. The Bertz CT molecular complexity index is 801. The van der Waals surface area contributed by atoms with Gasteiger partial charge in [0.1, 0.15) is 0 Å². The van der Waals surface area contributed by atoms with Crippen molar-refractivity contribution in [3.05, 3.63) is 74.3 Å². The molecular formula is C23H31N3O2. The van der Waals surface area contributed by atoms with E-state index in [1.807, 2.05) is 12.1 Å². The van der Waals surface area contributed by atoms with E-state index in [0.717, 1.165) is 44.3 Å². The minimum absolute atomic E-state index is 0.143. The van der Waals surface area contributed by atoms with Crippen molar-refractivity contribution in [2.45, 2.75) is 71.6 Å². The Morgan fingerprint density at radius 2 is 1.57 bits per heavy atom. The Labute approximate surface area is 167 Å². The van der Waals surface area contributed by atoms with Gasteiger partial charge in [0.2, 0.25) is 0 Å². The first-order chi connectivity index (χ1) is 13.3. The highest BCUT2D eigenvalue weighted by Crippen LogP contribution is 2.28. The lowest BCUT2D eigenvalue weighted by Crippen LogP contribution is -2.40. The zero-order valence-electron chi connectivity index (χ0n) is 17.1. The SMILES string of the molecule is Cc1cc(C)c(CN(Cc2ccc([N+](=O)[O-])cc2)C2CCC(N)CC2)c(C)c1. The molecule has 1 saturated carbocycles. The van der Waals surface area contributed by atoms with E-state index in [1.54, 1.807) is 12.1 Å². The minimum Gasteiger partial charge on any atom is -0.328 e. The van der Waals surface area contributed by atoms with Crippen LogP contribution in [0.1, 0.15) is 53.5 Å². The summed E-state index contributed by atoms with van der Waals surface area (Å²) in [5.74, 6) is 0. The summed E-state index contributed by atoms with van der Waals surface area (Å²) in [6.45, 7) is 8.22. The van der Waals surface area contributed by atoms with Crippen LogP contribution in [-0.4, -0.2) is 21.9 Å². The highest BCUT2D eigenvalue weighted by molar-refractivity contribution is 5.38. The normalized spacial score (nSPS) is 19.8. The smallest absolute Gasteiger partial charge is 0.269 e. The van der Waals surface area contributed by atoms with Crippen LogP contribution in [0.2, 0.25) is 0 Å². The lowest BCUT2D eigenvalue weighted by Gasteiger charge is -2.37. The minimum atomic E-state index is -0.344. The number of non-ortho nitro benzene ring substituents is 1. The van der Waals surface area contributed by atoms with Crippen molar-refractivity contribution in [1.29, 1.82) is 0 Å². The molecule has 0 radical (unpaired) electrons. The number of benzene rings is 2. The molecule has 0 amide bonds. The maximum absolute atomic E-state index is 10.9. The van der Waals surface area contributed by atoms with Crippen LogP contribution in [0, 0.1) is 30.9 Å². The summed E-state index contributed by atoms with van der Waals surface area (Å²) in [4.78, 5) is 13.1. The first kappa shape index (κ1) is 20.5. The summed E-state index contributed by atoms with van der Waals surface area (Å²) >= 11 is 0. The molecule has 0 unspecified atom stereocenters. The molecule has 2 N–H and O–H groups in total. The van der Waals surface area contributed by atoms with Gasteiger partial charge in [0.05, 0.1) is 4.92 Å². The number of nitrogens with two attached hydrogens (primary N) is 1. The molecule has 0 heterocycles. The standard InChI is InChI=1S/C23H31N3O2/c1-16-12-17(2)23(18(3)13-16)15-25(21-10-6-20(24)7-11-21)14-19-4-8-22(9-5-19)26(27)28/h4-5,8-9,12-13,20-21H,6-7,10-11,14-15,24H2,1-3H3. The van der Waals surface area contributed by atoms with E-state index >= 15 is 0 Å². The fourth-order valence-corrected chi connectivity index (χ4v) is 4.40. The number of hydrogen-bond donors (Lipinski definition) is 1. The number of nitro groups is 1. The van der Waals surface area contributed by atoms with Gasteiger partial charge in [-0.3, -0.25) is 15.0 Å². The van der Waals surface area contributed by atoms with Crippen LogP contribution in [-0.2, 0) is 13.1 Å². The van der Waals surface area contributed by atoms with Gasteiger partial charge in [-0.15, -0.1) is 0 Å². The van der Waals surface area contributed by atoms with Crippen LogP contribution >= 0.6 is 0 Å². The van der Waals surface area contributed by atoms with Crippen molar-refractivity contribution in [3.63, 3.8) is 0 Å². The van der Waals surface area contributed by atoms with Gasteiger partial charge in [-0.1, -0.05) is 29.8 Å². The average molecular weight is 382 g/mol. The number of rotatable bonds is 6. The van der Waals surface area contributed by atoms with Crippen molar-refractivity contribution in [2.24, 2.45) is 5.73 Å². The zero-order valence-corrected chi connectivity index (χ0v) is 17.1. The maximum Gasteiger partial charge on any atom is 0.269 e. The van der Waals surface area contributed by atoms with Crippen molar-refractivity contribution < 1.29 is 4.92 Å². The molecule has 0 bridgehead atoms. The van der Waals surface area contributed by atoms with Gasteiger partial charge in [-0.05, 0) is 68.7 Å². The molecule has 150 valence electrons. The molecule has 2 aromatic rings. The topological polar surface area (TPSA) is 72.4 Å². The van der Waals surface area contributed by atoms with Gasteiger partial charge < -0.3 is 5.73 Å². The lowest BCUT2D eigenvalue weighted by molar-refractivity contribution is -0.384. The molecular weight excluding hydrogens is 350 g/mol. The Balaban J connectivity index is 1.84. The summed E-state index contributed by atoms with van der Waals surface area (Å²) in [5, 5.41) is 10.9. The molecule has 1 aliphatic carbocycles. The fraction of sp³-hybridized carbons (Fsp3) is 0.478. The molecule has 1 aliphatic rings. The third kappa shape index (κ3) is 4.97. The van der Waals surface area contributed by atoms with E-state index in [0.29, 0.717) is 12.1 Å². The zero-order chi connectivity index (χ0) is 20.3. The predicted octanol–water partition coefficient (Wildman–Crippen LogP) is 4.79. The Hall–Kier alpha value is -2.24. The Morgan fingerprint density at radius 1 is 1.00 bits per heavy atom. The third-order valence-corrected chi connectivity index (χ3v) is 5.99. The molecule has 3 rings (SSSR count). The number of nitrogens with zero attached hydrogens (tertiary/aromatic N) is 2. The van der Waals surface area contributed by atoms with Crippen LogP contribution < -0.4 is 5.73 Å². The Kier molecular flexibility index (Phi) is 6.47. The number of hydrogen-bond acceptors (Lipinski definition) is 4. The second-order valence-corrected chi connectivity index (χ2v) is 8.27. The maximum atomic E-state index is 10.9. The van der Waals surface area contributed by atoms with Crippen LogP contribution in [0.3, 0.4) is 0 Å². The van der Waals surface area contributed by atoms with E-state index < -0.39 is 0 Å². The largest absolute Gasteiger partial charge is 0.328 e. The van der Waals surface area contributed by atoms with Crippen molar-refractivity contribution in [2.75, 3.05) is 0 Å². The van der Waals surface area contributed by atoms with E-state index in [2.05, 4.69) is 37.8 Å². The summed E-state index contributed by atoms with van der Waals surface area (Å²) in [7, 11) is 0. The summed E-state index contributed by atoms with van der Waals surface area (Å²) in [5.41, 5.74) is 12.7.